The Balaban J connectivity index is 1.74. The molecule has 0 aromatic carbocycles. The van der Waals surface area contributed by atoms with Gasteiger partial charge in [0.05, 0.1) is 6.26 Å². The smallest absolute Gasteiger partial charge is 0.273 e. The highest BCUT2D eigenvalue weighted by molar-refractivity contribution is 7.13. The van der Waals surface area contributed by atoms with Crippen LogP contribution in [-0.2, 0) is 0 Å². The Morgan fingerprint density at radius 1 is 1.60 bits per heavy atom. The Morgan fingerprint density at radius 2 is 2.50 bits per heavy atom. The lowest BCUT2D eigenvalue weighted by Crippen LogP contribution is -2.41. The van der Waals surface area contributed by atoms with E-state index in [2.05, 4.69) is 4.98 Å². The minimum Gasteiger partial charge on any atom is -0.462 e. The van der Waals surface area contributed by atoms with Crippen LogP contribution in [0.4, 0.5) is 0 Å². The van der Waals surface area contributed by atoms with Gasteiger partial charge in [-0.05, 0) is 30.9 Å². The van der Waals surface area contributed by atoms with Crippen molar-refractivity contribution in [3.05, 3.63) is 29.5 Å². The number of amides is 1. The van der Waals surface area contributed by atoms with Gasteiger partial charge in [0.1, 0.15) is 5.69 Å². The van der Waals surface area contributed by atoms with Crippen molar-refractivity contribution in [3.63, 3.8) is 0 Å². The van der Waals surface area contributed by atoms with Crippen LogP contribution in [0.5, 0.6) is 0 Å². The molecule has 1 amide bonds. The fourth-order valence-corrected chi connectivity index (χ4v) is 3.21. The Bertz CT molecular complexity index is 579. The van der Waals surface area contributed by atoms with Crippen molar-refractivity contribution in [2.24, 2.45) is 5.92 Å². The molecule has 5 nitrogen and oxygen atoms in total. The number of furan rings is 1. The zero-order valence-electron chi connectivity index (χ0n) is 11.0. The van der Waals surface area contributed by atoms with Crippen LogP contribution in [-0.4, -0.2) is 40.6 Å². The number of aromatic nitrogens is 1. The lowest BCUT2D eigenvalue weighted by molar-refractivity contribution is 0.0616. The van der Waals surface area contributed by atoms with E-state index < -0.39 is 0 Å². The van der Waals surface area contributed by atoms with Gasteiger partial charge in [-0.2, -0.15) is 0 Å². The van der Waals surface area contributed by atoms with E-state index in [1.807, 2.05) is 6.07 Å². The molecule has 3 rings (SSSR count). The number of piperidine rings is 1. The maximum atomic E-state index is 12.4. The number of nitrogens with zero attached hydrogens (tertiary/aromatic N) is 2. The van der Waals surface area contributed by atoms with Gasteiger partial charge in [0.2, 0.25) is 0 Å². The molecule has 1 fully saturated rings. The normalized spacial score (nSPS) is 19.2. The number of hydrogen-bond donors (Lipinski definition) is 1. The molecule has 106 valence electrons. The molecule has 0 saturated carbocycles. The van der Waals surface area contributed by atoms with Crippen molar-refractivity contribution in [3.8, 4) is 10.8 Å². The second-order valence-corrected chi connectivity index (χ2v) is 5.82. The molecular formula is C14H16N2O3S. The van der Waals surface area contributed by atoms with E-state index in [4.69, 9.17) is 4.42 Å². The summed E-state index contributed by atoms with van der Waals surface area (Å²) in [5, 5.41) is 11.7. The van der Waals surface area contributed by atoms with Gasteiger partial charge in [0, 0.05) is 25.1 Å². The summed E-state index contributed by atoms with van der Waals surface area (Å²) in [4.78, 5) is 18.5. The number of aliphatic hydroxyl groups is 1. The molecule has 0 aliphatic carbocycles. The number of likely N-dealkylation sites (tertiary alicyclic amines) is 1. The molecule has 6 heteroatoms. The van der Waals surface area contributed by atoms with Gasteiger partial charge < -0.3 is 14.4 Å². The maximum Gasteiger partial charge on any atom is 0.273 e. The monoisotopic (exact) mass is 292 g/mol. The highest BCUT2D eigenvalue weighted by atomic mass is 32.1. The predicted octanol–water partition coefficient (Wildman–Crippen LogP) is 2.25. The summed E-state index contributed by atoms with van der Waals surface area (Å²) < 4.78 is 5.28. The van der Waals surface area contributed by atoms with Crippen LogP contribution < -0.4 is 0 Å². The first-order chi connectivity index (χ1) is 9.78. The molecule has 3 heterocycles. The number of aliphatic hydroxyl groups excluding tert-OH is 1. The van der Waals surface area contributed by atoms with Crippen molar-refractivity contribution < 1.29 is 14.3 Å². The SMILES string of the molecule is O=C(c1csc(-c2ccco2)n1)N1CCCC(CO)C1. The van der Waals surface area contributed by atoms with Gasteiger partial charge in [-0.1, -0.05) is 0 Å². The highest BCUT2D eigenvalue weighted by Gasteiger charge is 2.25. The van der Waals surface area contributed by atoms with Gasteiger partial charge >= 0.3 is 0 Å². The average molecular weight is 292 g/mol. The van der Waals surface area contributed by atoms with E-state index in [-0.39, 0.29) is 18.4 Å². The van der Waals surface area contributed by atoms with E-state index in [1.54, 1.807) is 22.6 Å². The molecule has 0 bridgehead atoms. The molecule has 1 aliphatic rings. The van der Waals surface area contributed by atoms with Crippen LogP contribution in [0.25, 0.3) is 10.8 Å². The first-order valence-corrected chi connectivity index (χ1v) is 7.55. The van der Waals surface area contributed by atoms with Gasteiger partial charge in [-0.25, -0.2) is 4.98 Å². The molecule has 20 heavy (non-hydrogen) atoms. The molecule has 1 N–H and O–H groups in total. The van der Waals surface area contributed by atoms with Crippen LogP contribution in [0.1, 0.15) is 23.3 Å². The minimum absolute atomic E-state index is 0.0581. The first-order valence-electron chi connectivity index (χ1n) is 6.67. The number of carbonyl (C=O) groups is 1. The Kier molecular flexibility index (Phi) is 3.84. The van der Waals surface area contributed by atoms with E-state index >= 15 is 0 Å². The Morgan fingerprint density at radius 3 is 3.25 bits per heavy atom. The predicted molar refractivity (Wildman–Crippen MR) is 75.5 cm³/mol. The highest BCUT2D eigenvalue weighted by Crippen LogP contribution is 2.25. The summed E-state index contributed by atoms with van der Waals surface area (Å²) in [5.74, 6) is 0.814. The van der Waals surface area contributed by atoms with Crippen LogP contribution in [0.2, 0.25) is 0 Å². The number of hydrogen-bond acceptors (Lipinski definition) is 5. The van der Waals surface area contributed by atoms with Crippen LogP contribution in [0, 0.1) is 5.92 Å². The molecule has 2 aromatic rings. The third-order valence-corrected chi connectivity index (χ3v) is 4.38. The molecule has 1 atom stereocenters. The molecular weight excluding hydrogens is 276 g/mol. The second-order valence-electron chi connectivity index (χ2n) is 4.96. The van der Waals surface area contributed by atoms with Crippen LogP contribution >= 0.6 is 11.3 Å². The summed E-state index contributed by atoms with van der Waals surface area (Å²) in [5.41, 5.74) is 0.458. The zero-order chi connectivity index (χ0) is 13.9. The molecule has 1 saturated heterocycles. The third-order valence-electron chi connectivity index (χ3n) is 3.52. The lowest BCUT2D eigenvalue weighted by atomic mass is 9.99. The fourth-order valence-electron chi connectivity index (χ4n) is 2.45. The quantitative estimate of drug-likeness (QED) is 0.942. The van der Waals surface area contributed by atoms with Gasteiger partial charge in [0.25, 0.3) is 5.91 Å². The zero-order valence-corrected chi connectivity index (χ0v) is 11.8. The maximum absolute atomic E-state index is 12.4. The Labute approximate surface area is 120 Å². The standard InChI is InChI=1S/C14H16N2O3S/c17-8-10-3-1-5-16(7-10)14(18)11-9-20-13(15-11)12-4-2-6-19-12/h2,4,6,9-10,17H,1,3,5,7-8H2. The van der Waals surface area contributed by atoms with Crippen LogP contribution in [0.15, 0.2) is 28.2 Å². The van der Waals surface area contributed by atoms with Gasteiger partial charge in [0.15, 0.2) is 10.8 Å². The summed E-state index contributed by atoms with van der Waals surface area (Å²) >= 11 is 1.40. The number of rotatable bonds is 3. The summed E-state index contributed by atoms with van der Waals surface area (Å²) in [7, 11) is 0. The summed E-state index contributed by atoms with van der Waals surface area (Å²) in [6.07, 6.45) is 3.51. The average Bonchev–Trinajstić information content (AvgIpc) is 3.17. The topological polar surface area (TPSA) is 66.6 Å². The molecule has 0 spiro atoms. The van der Waals surface area contributed by atoms with Gasteiger partial charge in [-0.3, -0.25) is 4.79 Å². The Hall–Kier alpha value is -1.66. The molecule has 2 aromatic heterocycles. The van der Waals surface area contributed by atoms with Crippen molar-refractivity contribution in [1.29, 1.82) is 0 Å². The number of carbonyl (C=O) groups excluding carboxylic acids is 1. The van der Waals surface area contributed by atoms with Crippen molar-refractivity contribution in [2.45, 2.75) is 12.8 Å². The largest absolute Gasteiger partial charge is 0.462 e. The van der Waals surface area contributed by atoms with Crippen molar-refractivity contribution >= 4 is 17.2 Å². The van der Waals surface area contributed by atoms with Crippen molar-refractivity contribution in [2.75, 3.05) is 19.7 Å². The van der Waals surface area contributed by atoms with E-state index in [0.29, 0.717) is 23.0 Å². The summed E-state index contributed by atoms with van der Waals surface area (Å²) in [6.45, 7) is 1.49. The molecule has 1 aliphatic heterocycles. The van der Waals surface area contributed by atoms with E-state index in [1.165, 1.54) is 11.3 Å². The number of thiazole rings is 1. The fraction of sp³-hybridized carbons (Fsp3) is 0.429. The summed E-state index contributed by atoms with van der Waals surface area (Å²) in [6, 6.07) is 3.63. The van der Waals surface area contributed by atoms with E-state index in [0.717, 1.165) is 19.4 Å². The van der Waals surface area contributed by atoms with Gasteiger partial charge in [-0.15, -0.1) is 11.3 Å². The minimum atomic E-state index is -0.0581. The third kappa shape index (κ3) is 2.62. The molecule has 0 radical (unpaired) electrons. The van der Waals surface area contributed by atoms with Crippen molar-refractivity contribution in [1.82, 2.24) is 9.88 Å². The first kappa shape index (κ1) is 13.3. The lowest BCUT2D eigenvalue weighted by Gasteiger charge is -2.31. The van der Waals surface area contributed by atoms with Crippen LogP contribution in [0.3, 0.4) is 0 Å². The molecule has 1 unspecified atom stereocenters. The van der Waals surface area contributed by atoms with E-state index in [9.17, 15) is 9.90 Å². The second kappa shape index (κ2) is 5.76.